The Kier molecular flexibility index (Phi) is 4.14. The van der Waals surface area contributed by atoms with Crippen molar-refractivity contribution in [2.45, 2.75) is 45.8 Å². The normalized spacial score (nSPS) is 18.2. The maximum absolute atomic E-state index is 12.9. The Morgan fingerprint density at radius 1 is 1.32 bits per heavy atom. The van der Waals surface area contributed by atoms with E-state index < -0.39 is 5.60 Å². The van der Waals surface area contributed by atoms with Gasteiger partial charge in [-0.1, -0.05) is 18.2 Å². The lowest BCUT2D eigenvalue weighted by molar-refractivity contribution is 0.0619. The summed E-state index contributed by atoms with van der Waals surface area (Å²) >= 11 is 0. The van der Waals surface area contributed by atoms with Crippen molar-refractivity contribution in [3.8, 4) is 5.75 Å². The lowest BCUT2D eigenvalue weighted by Gasteiger charge is -2.37. The molecular formula is C19H23N3O3. The number of fused-ring (bicyclic) bond motifs is 1. The zero-order valence-corrected chi connectivity index (χ0v) is 15.2. The second-order valence-corrected chi connectivity index (χ2v) is 7.14. The Balaban J connectivity index is 1.99. The number of carbonyl (C=O) groups excluding carboxylic acids is 1. The molecule has 0 aliphatic carbocycles. The van der Waals surface area contributed by atoms with Gasteiger partial charge in [0.2, 0.25) is 0 Å². The third kappa shape index (κ3) is 3.16. The molecule has 0 unspecified atom stereocenters. The molecule has 0 saturated carbocycles. The second-order valence-electron chi connectivity index (χ2n) is 7.14. The number of hydrogen-bond donors (Lipinski definition) is 1. The molecule has 1 atom stereocenters. The lowest BCUT2D eigenvalue weighted by Crippen LogP contribution is -2.43. The SMILES string of the molecule is Cc1nn(C)c(=O)c(C(=O)N[C@H]2CC(C)(C)Oc3ccccc32)c1C. The van der Waals surface area contributed by atoms with E-state index in [9.17, 15) is 9.59 Å². The first-order valence-corrected chi connectivity index (χ1v) is 8.33. The first kappa shape index (κ1) is 17.2. The Labute approximate surface area is 146 Å². The predicted octanol–water partition coefficient (Wildman–Crippen LogP) is 2.43. The van der Waals surface area contributed by atoms with E-state index in [0.717, 1.165) is 11.3 Å². The molecule has 0 spiro atoms. The summed E-state index contributed by atoms with van der Waals surface area (Å²) in [6, 6.07) is 7.45. The zero-order valence-electron chi connectivity index (χ0n) is 15.2. The molecule has 6 heteroatoms. The molecular weight excluding hydrogens is 318 g/mol. The molecule has 0 fully saturated rings. The monoisotopic (exact) mass is 341 g/mol. The maximum atomic E-state index is 12.9. The molecule has 0 bridgehead atoms. The van der Waals surface area contributed by atoms with Gasteiger partial charge in [-0.3, -0.25) is 9.59 Å². The van der Waals surface area contributed by atoms with Crippen LogP contribution in [0.1, 0.15) is 53.5 Å². The number of carbonyl (C=O) groups is 1. The fourth-order valence-electron chi connectivity index (χ4n) is 3.28. The van der Waals surface area contributed by atoms with E-state index in [1.54, 1.807) is 20.9 Å². The number of nitrogens with one attached hydrogen (secondary N) is 1. The second kappa shape index (κ2) is 6.02. The van der Waals surface area contributed by atoms with E-state index in [1.807, 2.05) is 38.1 Å². The fraction of sp³-hybridized carbons (Fsp3) is 0.421. The van der Waals surface area contributed by atoms with Gasteiger partial charge in [0.1, 0.15) is 16.9 Å². The molecule has 1 aromatic carbocycles. The highest BCUT2D eigenvalue weighted by molar-refractivity contribution is 5.95. The van der Waals surface area contributed by atoms with E-state index >= 15 is 0 Å². The van der Waals surface area contributed by atoms with Gasteiger partial charge in [0.05, 0.1) is 11.7 Å². The number of rotatable bonds is 2. The molecule has 1 aliphatic rings. The molecule has 25 heavy (non-hydrogen) atoms. The summed E-state index contributed by atoms with van der Waals surface area (Å²) in [7, 11) is 1.55. The molecule has 0 saturated heterocycles. The lowest BCUT2D eigenvalue weighted by atomic mass is 9.89. The number of amides is 1. The van der Waals surface area contributed by atoms with Crippen LogP contribution in [-0.4, -0.2) is 21.3 Å². The molecule has 0 radical (unpaired) electrons. The summed E-state index contributed by atoms with van der Waals surface area (Å²) < 4.78 is 7.20. The summed E-state index contributed by atoms with van der Waals surface area (Å²) in [5.74, 6) is 0.390. The van der Waals surface area contributed by atoms with Crippen molar-refractivity contribution in [3.63, 3.8) is 0 Å². The van der Waals surface area contributed by atoms with E-state index in [1.165, 1.54) is 4.68 Å². The molecule has 1 amide bonds. The number of benzene rings is 1. The Bertz CT molecular complexity index is 899. The molecule has 1 N–H and O–H groups in total. The number of aromatic nitrogens is 2. The minimum absolute atomic E-state index is 0.150. The van der Waals surface area contributed by atoms with E-state index in [2.05, 4.69) is 10.4 Å². The molecule has 1 aromatic heterocycles. The van der Waals surface area contributed by atoms with Crippen molar-refractivity contribution in [2.24, 2.45) is 7.05 Å². The van der Waals surface area contributed by atoms with Gasteiger partial charge in [0, 0.05) is 19.0 Å². The number of para-hydroxylation sites is 1. The summed E-state index contributed by atoms with van der Waals surface area (Å²) in [5, 5.41) is 7.15. The van der Waals surface area contributed by atoms with Crippen molar-refractivity contribution in [3.05, 3.63) is 57.0 Å². The first-order valence-electron chi connectivity index (χ1n) is 8.33. The van der Waals surface area contributed by atoms with Gasteiger partial charge >= 0.3 is 0 Å². The zero-order chi connectivity index (χ0) is 18.4. The summed E-state index contributed by atoms with van der Waals surface area (Å²) in [4.78, 5) is 25.3. The third-order valence-electron chi connectivity index (χ3n) is 4.63. The molecule has 3 rings (SSSR count). The van der Waals surface area contributed by atoms with Crippen LogP contribution in [0.15, 0.2) is 29.1 Å². The summed E-state index contributed by atoms with van der Waals surface area (Å²) in [5.41, 5.74) is 1.56. The summed E-state index contributed by atoms with van der Waals surface area (Å²) in [6.45, 7) is 7.52. The molecule has 2 heterocycles. The van der Waals surface area contributed by atoms with Crippen LogP contribution in [0.3, 0.4) is 0 Å². The van der Waals surface area contributed by atoms with E-state index in [-0.39, 0.29) is 23.1 Å². The quantitative estimate of drug-likeness (QED) is 0.910. The highest BCUT2D eigenvalue weighted by Crippen LogP contribution is 2.39. The fourth-order valence-corrected chi connectivity index (χ4v) is 3.28. The van der Waals surface area contributed by atoms with Crippen molar-refractivity contribution < 1.29 is 9.53 Å². The van der Waals surface area contributed by atoms with Gasteiger partial charge < -0.3 is 10.1 Å². The van der Waals surface area contributed by atoms with Gasteiger partial charge in [-0.05, 0) is 39.3 Å². The van der Waals surface area contributed by atoms with E-state index in [0.29, 0.717) is 17.7 Å². The van der Waals surface area contributed by atoms with Gasteiger partial charge in [0.15, 0.2) is 0 Å². The van der Waals surface area contributed by atoms with Crippen LogP contribution in [0.2, 0.25) is 0 Å². The standard InChI is InChI=1S/C19H23N3O3/c1-11-12(2)21-22(5)18(24)16(11)17(23)20-14-10-19(3,4)25-15-9-7-6-8-13(14)15/h6-9,14H,10H2,1-5H3,(H,20,23)/t14-/m0/s1. The number of ether oxygens (including phenoxy) is 1. The maximum Gasteiger partial charge on any atom is 0.279 e. The minimum atomic E-state index is -0.402. The average Bonchev–Trinajstić information content (AvgIpc) is 2.52. The highest BCUT2D eigenvalue weighted by atomic mass is 16.5. The van der Waals surface area contributed by atoms with Crippen molar-refractivity contribution in [2.75, 3.05) is 0 Å². The number of aryl methyl sites for hydroxylation is 2. The van der Waals surface area contributed by atoms with E-state index in [4.69, 9.17) is 4.74 Å². The molecule has 2 aromatic rings. The third-order valence-corrected chi connectivity index (χ3v) is 4.63. The van der Waals surface area contributed by atoms with Gasteiger partial charge in [0.25, 0.3) is 11.5 Å². The Morgan fingerprint density at radius 2 is 2.00 bits per heavy atom. The van der Waals surface area contributed by atoms with Crippen LogP contribution in [-0.2, 0) is 7.05 Å². The van der Waals surface area contributed by atoms with Crippen LogP contribution >= 0.6 is 0 Å². The predicted molar refractivity (Wildman–Crippen MR) is 94.9 cm³/mol. The topological polar surface area (TPSA) is 73.2 Å². The highest BCUT2D eigenvalue weighted by Gasteiger charge is 2.35. The molecule has 6 nitrogen and oxygen atoms in total. The van der Waals surface area contributed by atoms with Crippen LogP contribution in [0.5, 0.6) is 5.75 Å². The number of hydrogen-bond acceptors (Lipinski definition) is 4. The van der Waals surface area contributed by atoms with Crippen LogP contribution < -0.4 is 15.6 Å². The van der Waals surface area contributed by atoms with Gasteiger partial charge in [-0.25, -0.2) is 4.68 Å². The van der Waals surface area contributed by atoms with Crippen LogP contribution in [0.4, 0.5) is 0 Å². The van der Waals surface area contributed by atoms with Crippen LogP contribution in [0.25, 0.3) is 0 Å². The van der Waals surface area contributed by atoms with Crippen molar-refractivity contribution >= 4 is 5.91 Å². The molecule has 1 aliphatic heterocycles. The molecule has 132 valence electrons. The van der Waals surface area contributed by atoms with Gasteiger partial charge in [-0.2, -0.15) is 5.10 Å². The number of nitrogens with zero attached hydrogens (tertiary/aromatic N) is 2. The smallest absolute Gasteiger partial charge is 0.279 e. The Hall–Kier alpha value is -2.63. The average molecular weight is 341 g/mol. The van der Waals surface area contributed by atoms with Crippen LogP contribution in [0, 0.1) is 13.8 Å². The summed E-state index contributed by atoms with van der Waals surface area (Å²) in [6.07, 6.45) is 0.624. The minimum Gasteiger partial charge on any atom is -0.487 e. The van der Waals surface area contributed by atoms with Crippen molar-refractivity contribution in [1.82, 2.24) is 15.1 Å². The van der Waals surface area contributed by atoms with Gasteiger partial charge in [-0.15, -0.1) is 0 Å². The van der Waals surface area contributed by atoms with Crippen molar-refractivity contribution in [1.29, 1.82) is 0 Å². The largest absolute Gasteiger partial charge is 0.487 e. The first-order chi connectivity index (χ1) is 11.7. The Morgan fingerprint density at radius 3 is 2.72 bits per heavy atom.